The van der Waals surface area contributed by atoms with Crippen LogP contribution < -0.4 is 9.64 Å². The minimum atomic E-state index is -0.532. The van der Waals surface area contributed by atoms with Crippen LogP contribution in [0.5, 0.6) is 5.75 Å². The highest BCUT2D eigenvalue weighted by Crippen LogP contribution is 2.36. The number of rotatable bonds is 5. The molecule has 4 nitrogen and oxygen atoms in total. The molecule has 1 aliphatic heterocycles. The molecule has 25 heavy (non-hydrogen) atoms. The van der Waals surface area contributed by atoms with Crippen LogP contribution in [0.15, 0.2) is 42.5 Å². The fourth-order valence-corrected chi connectivity index (χ4v) is 2.99. The maximum absolute atomic E-state index is 12.7. The second kappa shape index (κ2) is 7.09. The summed E-state index contributed by atoms with van der Waals surface area (Å²) in [5.41, 5.74) is 3.52. The molecule has 0 aromatic heterocycles. The van der Waals surface area contributed by atoms with E-state index in [9.17, 15) is 9.59 Å². The van der Waals surface area contributed by atoms with Crippen LogP contribution in [0.4, 0.5) is 5.69 Å². The Morgan fingerprint density at radius 1 is 1.16 bits per heavy atom. The number of fused-ring (bicyclic) bond motifs is 1. The zero-order valence-corrected chi connectivity index (χ0v) is 14.9. The first-order valence-electron chi connectivity index (χ1n) is 8.70. The van der Waals surface area contributed by atoms with Gasteiger partial charge in [0.25, 0.3) is 5.91 Å². The van der Waals surface area contributed by atoms with Gasteiger partial charge < -0.3 is 9.64 Å². The SMILES string of the molecule is CCCC(=O)c1ccc2c(c1)N(Cc1ccc(C)cc1)C(=O)C(C)O2. The molecule has 2 aromatic carbocycles. The number of nitrogens with zero attached hydrogens (tertiary/aromatic N) is 1. The summed E-state index contributed by atoms with van der Waals surface area (Å²) < 4.78 is 5.72. The highest BCUT2D eigenvalue weighted by Gasteiger charge is 2.32. The topological polar surface area (TPSA) is 46.6 Å². The van der Waals surface area contributed by atoms with Crippen molar-refractivity contribution in [3.63, 3.8) is 0 Å². The summed E-state index contributed by atoms with van der Waals surface area (Å²) >= 11 is 0. The van der Waals surface area contributed by atoms with Crippen LogP contribution in [0.1, 0.15) is 48.2 Å². The van der Waals surface area contributed by atoms with Gasteiger partial charge in [0.15, 0.2) is 11.9 Å². The minimum absolute atomic E-state index is 0.0895. The molecular formula is C21H23NO3. The molecule has 0 bridgehead atoms. The van der Waals surface area contributed by atoms with Crippen LogP contribution in [-0.2, 0) is 11.3 Å². The van der Waals surface area contributed by atoms with E-state index in [2.05, 4.69) is 0 Å². The fourth-order valence-electron chi connectivity index (χ4n) is 2.99. The number of anilines is 1. The number of carbonyl (C=O) groups excluding carboxylic acids is 2. The number of benzene rings is 2. The summed E-state index contributed by atoms with van der Waals surface area (Å²) in [5, 5.41) is 0. The standard InChI is InChI=1S/C21H23NO3/c1-4-5-19(23)17-10-11-20-18(12-17)22(21(24)15(3)25-20)13-16-8-6-14(2)7-9-16/h6-12,15H,4-5,13H2,1-3H3. The molecule has 2 aromatic rings. The lowest BCUT2D eigenvalue weighted by atomic mass is 10.0. The molecule has 0 aliphatic carbocycles. The molecule has 4 heteroatoms. The van der Waals surface area contributed by atoms with Crippen molar-refractivity contribution in [3.05, 3.63) is 59.2 Å². The van der Waals surface area contributed by atoms with E-state index in [0.29, 0.717) is 30.0 Å². The number of aryl methyl sites for hydroxylation is 1. The summed E-state index contributed by atoms with van der Waals surface area (Å²) in [7, 11) is 0. The van der Waals surface area contributed by atoms with Crippen molar-refractivity contribution in [2.45, 2.75) is 46.3 Å². The summed E-state index contributed by atoms with van der Waals surface area (Å²) in [6.07, 6.45) is 0.771. The van der Waals surface area contributed by atoms with E-state index in [4.69, 9.17) is 4.74 Å². The normalized spacial score (nSPS) is 16.4. The number of amides is 1. The largest absolute Gasteiger partial charge is 0.479 e. The van der Waals surface area contributed by atoms with Gasteiger partial charge in [0.2, 0.25) is 0 Å². The molecule has 1 unspecified atom stereocenters. The molecule has 0 radical (unpaired) electrons. The van der Waals surface area contributed by atoms with Gasteiger partial charge in [-0.1, -0.05) is 36.8 Å². The molecule has 0 fully saturated rings. The van der Waals surface area contributed by atoms with Gasteiger partial charge in [-0.2, -0.15) is 0 Å². The van der Waals surface area contributed by atoms with Gasteiger partial charge in [0.05, 0.1) is 12.2 Å². The Labute approximate surface area is 148 Å². The van der Waals surface area contributed by atoms with E-state index >= 15 is 0 Å². The third-order valence-corrected chi connectivity index (χ3v) is 4.43. The van der Waals surface area contributed by atoms with Crippen LogP contribution >= 0.6 is 0 Å². The number of Topliss-reactive ketones (excluding diaryl/α,β-unsaturated/α-hetero) is 1. The number of hydrogen-bond acceptors (Lipinski definition) is 3. The number of hydrogen-bond donors (Lipinski definition) is 0. The molecule has 1 heterocycles. The first-order valence-corrected chi connectivity index (χ1v) is 8.70. The predicted molar refractivity (Wildman–Crippen MR) is 98.1 cm³/mol. The Hall–Kier alpha value is -2.62. The van der Waals surface area contributed by atoms with E-state index < -0.39 is 6.10 Å². The van der Waals surface area contributed by atoms with E-state index in [0.717, 1.165) is 12.0 Å². The van der Waals surface area contributed by atoms with Crippen LogP contribution in [0.25, 0.3) is 0 Å². The fraction of sp³-hybridized carbons (Fsp3) is 0.333. The summed E-state index contributed by atoms with van der Waals surface area (Å²) in [6.45, 7) is 6.23. The van der Waals surface area contributed by atoms with Crippen molar-refractivity contribution in [1.29, 1.82) is 0 Å². The van der Waals surface area contributed by atoms with Crippen molar-refractivity contribution in [2.24, 2.45) is 0 Å². The Morgan fingerprint density at radius 2 is 1.88 bits per heavy atom. The van der Waals surface area contributed by atoms with Crippen LogP contribution in [0.3, 0.4) is 0 Å². The first kappa shape index (κ1) is 17.2. The van der Waals surface area contributed by atoms with E-state index in [1.165, 1.54) is 5.56 Å². The Kier molecular flexibility index (Phi) is 4.88. The Morgan fingerprint density at radius 3 is 2.56 bits per heavy atom. The van der Waals surface area contributed by atoms with Crippen molar-refractivity contribution < 1.29 is 14.3 Å². The molecule has 0 saturated heterocycles. The maximum Gasteiger partial charge on any atom is 0.268 e. The second-order valence-corrected chi connectivity index (χ2v) is 6.53. The van der Waals surface area contributed by atoms with Crippen molar-refractivity contribution >= 4 is 17.4 Å². The highest BCUT2D eigenvalue weighted by atomic mass is 16.5. The lowest BCUT2D eigenvalue weighted by molar-refractivity contribution is -0.125. The van der Waals surface area contributed by atoms with Gasteiger partial charge >= 0.3 is 0 Å². The summed E-state index contributed by atoms with van der Waals surface area (Å²) in [5.74, 6) is 0.645. The summed E-state index contributed by atoms with van der Waals surface area (Å²) in [6, 6.07) is 13.5. The number of ether oxygens (including phenoxy) is 1. The molecule has 0 N–H and O–H groups in total. The Balaban J connectivity index is 1.97. The zero-order chi connectivity index (χ0) is 18.0. The van der Waals surface area contributed by atoms with E-state index in [-0.39, 0.29) is 11.7 Å². The van der Waals surface area contributed by atoms with Gasteiger partial charge in [0, 0.05) is 12.0 Å². The third kappa shape index (κ3) is 3.58. The molecule has 0 spiro atoms. The lowest BCUT2D eigenvalue weighted by Gasteiger charge is -2.33. The van der Waals surface area contributed by atoms with Crippen molar-refractivity contribution in [3.8, 4) is 5.75 Å². The van der Waals surface area contributed by atoms with Crippen molar-refractivity contribution in [2.75, 3.05) is 4.90 Å². The number of ketones is 1. The summed E-state index contributed by atoms with van der Waals surface area (Å²) in [4.78, 5) is 26.6. The predicted octanol–water partition coefficient (Wildman–Crippen LogP) is 4.29. The van der Waals surface area contributed by atoms with Crippen LogP contribution in [0.2, 0.25) is 0 Å². The average molecular weight is 337 g/mol. The molecule has 1 atom stereocenters. The lowest BCUT2D eigenvalue weighted by Crippen LogP contribution is -2.44. The Bertz CT molecular complexity index is 795. The molecule has 1 amide bonds. The van der Waals surface area contributed by atoms with Gasteiger partial charge in [-0.05, 0) is 44.0 Å². The molecule has 1 aliphatic rings. The van der Waals surface area contributed by atoms with E-state index in [1.54, 1.807) is 30.0 Å². The van der Waals surface area contributed by atoms with Gasteiger partial charge in [-0.25, -0.2) is 0 Å². The van der Waals surface area contributed by atoms with Crippen LogP contribution in [0, 0.1) is 6.92 Å². The highest BCUT2D eigenvalue weighted by molar-refractivity contribution is 6.03. The average Bonchev–Trinajstić information content (AvgIpc) is 2.60. The zero-order valence-electron chi connectivity index (χ0n) is 14.9. The molecule has 3 rings (SSSR count). The third-order valence-electron chi connectivity index (χ3n) is 4.43. The smallest absolute Gasteiger partial charge is 0.268 e. The van der Waals surface area contributed by atoms with Gasteiger partial charge in [0.1, 0.15) is 5.75 Å². The van der Waals surface area contributed by atoms with Gasteiger partial charge in [-0.3, -0.25) is 9.59 Å². The van der Waals surface area contributed by atoms with E-state index in [1.807, 2.05) is 38.1 Å². The molecule has 0 saturated carbocycles. The minimum Gasteiger partial charge on any atom is -0.479 e. The van der Waals surface area contributed by atoms with Crippen LogP contribution in [-0.4, -0.2) is 17.8 Å². The van der Waals surface area contributed by atoms with Gasteiger partial charge in [-0.15, -0.1) is 0 Å². The maximum atomic E-state index is 12.7. The monoisotopic (exact) mass is 337 g/mol. The first-order chi connectivity index (χ1) is 12.0. The number of carbonyl (C=O) groups is 2. The van der Waals surface area contributed by atoms with Crippen molar-refractivity contribution in [1.82, 2.24) is 0 Å². The quantitative estimate of drug-likeness (QED) is 0.765. The molecule has 130 valence electrons. The molecular weight excluding hydrogens is 314 g/mol. The second-order valence-electron chi connectivity index (χ2n) is 6.53.